The summed E-state index contributed by atoms with van der Waals surface area (Å²) in [5.74, 6) is -0.0153. The van der Waals surface area contributed by atoms with Gasteiger partial charge >= 0.3 is 4.87 Å². The van der Waals surface area contributed by atoms with E-state index < -0.39 is 0 Å². The molecule has 0 radical (unpaired) electrons. The minimum atomic E-state index is -0.196. The van der Waals surface area contributed by atoms with Crippen molar-refractivity contribution in [3.05, 3.63) is 63.0 Å². The quantitative estimate of drug-likeness (QED) is 0.260. The molecule has 0 bridgehead atoms. The Kier molecular flexibility index (Phi) is 10.0. The van der Waals surface area contributed by atoms with Crippen LogP contribution in [-0.2, 0) is 17.6 Å². The fraction of sp³-hybridized carbons (Fsp3) is 0.481. The summed E-state index contributed by atoms with van der Waals surface area (Å²) in [6.07, 6.45) is 1.69. The van der Waals surface area contributed by atoms with E-state index in [1.54, 1.807) is 18.2 Å². The number of carbonyl (C=O) groups excluding carboxylic acids is 1. The zero-order chi connectivity index (χ0) is 26.1. The molecule has 1 amide bonds. The average molecular weight is 517 g/mol. The van der Waals surface area contributed by atoms with E-state index in [1.807, 2.05) is 17.0 Å². The van der Waals surface area contributed by atoms with Crippen LogP contribution in [0.15, 0.2) is 41.2 Å². The van der Waals surface area contributed by atoms with Gasteiger partial charge in [0.2, 0.25) is 5.91 Å². The molecule has 2 aromatic carbocycles. The minimum absolute atomic E-state index is 0.0166. The van der Waals surface area contributed by atoms with Crippen LogP contribution in [0.4, 0.5) is 4.39 Å². The number of carbonyl (C=O) groups is 1. The number of halogens is 1. The lowest BCUT2D eigenvalue weighted by Gasteiger charge is -2.30. The first-order valence-electron chi connectivity index (χ1n) is 12.4. The third-order valence-electron chi connectivity index (χ3n) is 5.83. The van der Waals surface area contributed by atoms with Crippen LogP contribution in [0.2, 0.25) is 0 Å². The number of amides is 1. The second-order valence-corrected chi connectivity index (χ2v) is 11.2. The number of phenolic OH excluding ortho intramolecular Hbond substituents is 1. The smallest absolute Gasteiger partial charge is 0.305 e. The van der Waals surface area contributed by atoms with Crippen LogP contribution in [-0.4, -0.2) is 60.2 Å². The molecule has 0 aliphatic rings. The van der Waals surface area contributed by atoms with Crippen LogP contribution in [0.3, 0.4) is 0 Å². The lowest BCUT2D eigenvalue weighted by Crippen LogP contribution is -2.42. The van der Waals surface area contributed by atoms with Gasteiger partial charge in [-0.15, -0.1) is 0 Å². The zero-order valence-electron chi connectivity index (χ0n) is 21.3. The van der Waals surface area contributed by atoms with E-state index in [9.17, 15) is 19.1 Å². The average Bonchev–Trinajstić information content (AvgIpc) is 3.22. The molecule has 0 atom stereocenters. The number of aromatic nitrogens is 1. The number of nitrogens with zero attached hydrogens (tertiary/aromatic N) is 1. The van der Waals surface area contributed by atoms with Crippen molar-refractivity contribution in [2.24, 2.45) is 5.41 Å². The van der Waals surface area contributed by atoms with Gasteiger partial charge in [-0.1, -0.05) is 56.4 Å². The summed E-state index contributed by atoms with van der Waals surface area (Å²) in [6, 6.07) is 10.2. The Hall–Kier alpha value is -2.75. The maximum Gasteiger partial charge on any atom is 0.305 e. The SMILES string of the molecule is CC(C)(C)CN(CCNCCc1ccc(O)c2[nH]c(=O)sc12)C(=O)CCNCCc1ccccc1F. The Morgan fingerprint density at radius 1 is 1.03 bits per heavy atom. The molecule has 4 N–H and O–H groups in total. The number of fused-ring (bicyclic) bond motifs is 1. The number of rotatable bonds is 13. The molecule has 0 unspecified atom stereocenters. The van der Waals surface area contributed by atoms with E-state index in [0.29, 0.717) is 69.6 Å². The molecule has 1 aromatic heterocycles. The zero-order valence-corrected chi connectivity index (χ0v) is 22.1. The van der Waals surface area contributed by atoms with Crippen LogP contribution < -0.4 is 15.5 Å². The van der Waals surface area contributed by atoms with Gasteiger partial charge in [0.1, 0.15) is 17.1 Å². The molecule has 0 saturated carbocycles. The molecule has 0 fully saturated rings. The number of phenols is 1. The van der Waals surface area contributed by atoms with Crippen LogP contribution in [0.1, 0.15) is 38.3 Å². The predicted molar refractivity (Wildman–Crippen MR) is 144 cm³/mol. The molecule has 36 heavy (non-hydrogen) atoms. The maximum absolute atomic E-state index is 13.7. The van der Waals surface area contributed by atoms with Gasteiger partial charge in [-0.3, -0.25) is 9.59 Å². The van der Waals surface area contributed by atoms with E-state index in [4.69, 9.17) is 0 Å². The summed E-state index contributed by atoms with van der Waals surface area (Å²) in [4.78, 5) is 29.0. The van der Waals surface area contributed by atoms with E-state index in [2.05, 4.69) is 36.4 Å². The molecule has 196 valence electrons. The number of aromatic amines is 1. The van der Waals surface area contributed by atoms with E-state index in [0.717, 1.165) is 21.6 Å². The largest absolute Gasteiger partial charge is 0.506 e. The van der Waals surface area contributed by atoms with Crippen molar-refractivity contribution in [1.29, 1.82) is 0 Å². The van der Waals surface area contributed by atoms with Crippen LogP contribution in [0, 0.1) is 11.2 Å². The highest BCUT2D eigenvalue weighted by molar-refractivity contribution is 7.16. The molecular weight excluding hydrogens is 479 g/mol. The van der Waals surface area contributed by atoms with E-state index in [-0.39, 0.29) is 27.8 Å². The first-order chi connectivity index (χ1) is 17.1. The van der Waals surface area contributed by atoms with Crippen molar-refractivity contribution in [2.45, 2.75) is 40.0 Å². The number of thiazole rings is 1. The first kappa shape index (κ1) is 27.8. The second-order valence-electron chi connectivity index (χ2n) is 10.2. The van der Waals surface area contributed by atoms with Crippen molar-refractivity contribution in [2.75, 3.05) is 39.3 Å². The molecule has 0 aliphatic heterocycles. The third kappa shape index (κ3) is 8.43. The molecule has 9 heteroatoms. The summed E-state index contributed by atoms with van der Waals surface area (Å²) in [7, 11) is 0. The Morgan fingerprint density at radius 2 is 1.72 bits per heavy atom. The lowest BCUT2D eigenvalue weighted by atomic mass is 9.96. The molecule has 3 rings (SSSR count). The first-order valence-corrected chi connectivity index (χ1v) is 13.2. The van der Waals surface area contributed by atoms with Gasteiger partial charge in [0.25, 0.3) is 0 Å². The van der Waals surface area contributed by atoms with Gasteiger partial charge < -0.3 is 25.6 Å². The Bertz CT molecular complexity index is 1200. The summed E-state index contributed by atoms with van der Waals surface area (Å²) in [5, 5.41) is 16.6. The summed E-state index contributed by atoms with van der Waals surface area (Å²) >= 11 is 1.11. The van der Waals surface area contributed by atoms with Gasteiger partial charge in [-0.05, 0) is 54.6 Å². The Morgan fingerprint density at radius 3 is 2.44 bits per heavy atom. The van der Waals surface area contributed by atoms with Crippen LogP contribution in [0.25, 0.3) is 10.2 Å². The van der Waals surface area contributed by atoms with Crippen molar-refractivity contribution in [3.8, 4) is 5.75 Å². The highest BCUT2D eigenvalue weighted by Crippen LogP contribution is 2.27. The molecule has 0 spiro atoms. The van der Waals surface area contributed by atoms with Crippen molar-refractivity contribution in [3.63, 3.8) is 0 Å². The van der Waals surface area contributed by atoms with Crippen LogP contribution >= 0.6 is 11.3 Å². The summed E-state index contributed by atoms with van der Waals surface area (Å²) in [6.45, 7) is 10.1. The molecule has 0 aliphatic carbocycles. The number of hydrogen-bond donors (Lipinski definition) is 4. The molecule has 3 aromatic rings. The third-order valence-corrected chi connectivity index (χ3v) is 6.79. The Balaban J connectivity index is 1.42. The fourth-order valence-corrected chi connectivity index (χ4v) is 5.00. The number of hydrogen-bond acceptors (Lipinski definition) is 6. The lowest BCUT2D eigenvalue weighted by molar-refractivity contribution is -0.132. The molecule has 1 heterocycles. The van der Waals surface area contributed by atoms with Gasteiger partial charge in [0.05, 0.1) is 4.70 Å². The molecule has 0 saturated heterocycles. The second kappa shape index (κ2) is 13.0. The standard InChI is InChI=1S/C27H37FN4O3S/c1-27(2,3)18-32(23(34)12-15-29-13-10-19-6-4-5-7-21(19)28)17-16-30-14-11-20-8-9-22(33)24-25(20)36-26(35)31-24/h4-9,29-30,33H,10-18H2,1-3H3,(H,31,35). The van der Waals surface area contributed by atoms with Crippen molar-refractivity contribution < 1.29 is 14.3 Å². The molecule has 7 nitrogen and oxygen atoms in total. The predicted octanol–water partition coefficient (Wildman–Crippen LogP) is 3.66. The fourth-order valence-electron chi connectivity index (χ4n) is 4.10. The van der Waals surface area contributed by atoms with Gasteiger partial charge in [0, 0.05) is 32.6 Å². The van der Waals surface area contributed by atoms with Gasteiger partial charge in [-0.25, -0.2) is 4.39 Å². The van der Waals surface area contributed by atoms with Gasteiger partial charge in [-0.2, -0.15) is 0 Å². The normalized spacial score (nSPS) is 11.8. The number of H-pyrrole nitrogens is 1. The Labute approximate surface area is 215 Å². The number of nitrogens with one attached hydrogen (secondary N) is 3. The number of aromatic hydroxyl groups is 1. The minimum Gasteiger partial charge on any atom is -0.506 e. The van der Waals surface area contributed by atoms with Crippen molar-refractivity contribution in [1.82, 2.24) is 20.5 Å². The topological polar surface area (TPSA) is 97.5 Å². The highest BCUT2D eigenvalue weighted by Gasteiger charge is 2.20. The summed E-state index contributed by atoms with van der Waals surface area (Å²) < 4.78 is 14.5. The van der Waals surface area contributed by atoms with Gasteiger partial charge in [0.15, 0.2) is 0 Å². The van der Waals surface area contributed by atoms with E-state index in [1.165, 1.54) is 6.07 Å². The molecular formula is C27H37FN4O3S. The highest BCUT2D eigenvalue weighted by atomic mass is 32.1. The maximum atomic E-state index is 13.7. The summed E-state index contributed by atoms with van der Waals surface area (Å²) in [5.41, 5.74) is 2.15. The monoisotopic (exact) mass is 516 g/mol. The van der Waals surface area contributed by atoms with E-state index >= 15 is 0 Å². The van der Waals surface area contributed by atoms with Crippen LogP contribution in [0.5, 0.6) is 5.75 Å². The number of benzene rings is 2. The van der Waals surface area contributed by atoms with Crippen molar-refractivity contribution >= 4 is 27.5 Å².